The van der Waals surface area contributed by atoms with Crippen LogP contribution in [-0.4, -0.2) is 21.5 Å². The lowest BCUT2D eigenvalue weighted by Crippen LogP contribution is -2.40. The number of hydrogen-bond acceptors (Lipinski definition) is 2. The average molecular weight is 363 g/mol. The van der Waals surface area contributed by atoms with E-state index in [1.165, 1.54) is 18.4 Å². The topological polar surface area (TPSA) is 18.5 Å². The lowest BCUT2D eigenvalue weighted by atomic mass is 9.99. The van der Waals surface area contributed by atoms with E-state index in [0.717, 1.165) is 26.1 Å². The van der Waals surface area contributed by atoms with Crippen LogP contribution in [0, 0.1) is 5.92 Å². The Morgan fingerprint density at radius 1 is 1.04 bits per heavy atom. The van der Waals surface area contributed by atoms with Gasteiger partial charge in [-0.1, -0.05) is 63.6 Å². The molecule has 0 aliphatic rings. The maximum absolute atomic E-state index is 6.25. The highest BCUT2D eigenvalue weighted by Gasteiger charge is 2.36. The van der Waals surface area contributed by atoms with Crippen molar-refractivity contribution >= 4 is 8.32 Å². The predicted molar refractivity (Wildman–Crippen MR) is 111 cm³/mol. The number of rotatable bonds is 12. The third-order valence-electron chi connectivity index (χ3n) is 5.32. The zero-order valence-electron chi connectivity index (χ0n) is 17.0. The van der Waals surface area contributed by atoms with Crippen LogP contribution in [-0.2, 0) is 15.8 Å². The molecule has 0 saturated heterocycles. The van der Waals surface area contributed by atoms with Crippen LogP contribution in [0.4, 0.5) is 0 Å². The minimum absolute atomic E-state index is 0.298. The Hall–Kier alpha value is -0.903. The van der Waals surface area contributed by atoms with Gasteiger partial charge in [0.2, 0.25) is 0 Å². The van der Waals surface area contributed by atoms with Crippen molar-refractivity contribution in [3.8, 4) is 0 Å². The Bertz CT molecular complexity index is 477. The summed E-state index contributed by atoms with van der Waals surface area (Å²) in [4.78, 5) is 0. The zero-order valence-corrected chi connectivity index (χ0v) is 18.0. The first-order valence-electron chi connectivity index (χ1n) is 9.64. The molecule has 1 atom stereocenters. The summed E-state index contributed by atoms with van der Waals surface area (Å²) in [6, 6.07) is 10.3. The molecule has 142 valence electrons. The largest absolute Gasteiger partial charge is 0.417 e. The minimum Gasteiger partial charge on any atom is -0.417 e. The second-order valence-electron chi connectivity index (χ2n) is 8.43. The molecule has 1 aromatic rings. The molecule has 0 radical (unpaired) electrons. The van der Waals surface area contributed by atoms with E-state index >= 15 is 0 Å². The number of unbranched alkanes of at least 4 members (excludes halogenated alkanes) is 1. The summed E-state index contributed by atoms with van der Waals surface area (Å²) in [6.45, 7) is 17.9. The lowest BCUT2D eigenvalue weighted by Gasteiger charge is -2.36. The van der Waals surface area contributed by atoms with Crippen LogP contribution >= 0.6 is 0 Å². The maximum Gasteiger partial charge on any atom is 0.191 e. The van der Waals surface area contributed by atoms with Crippen LogP contribution in [0.5, 0.6) is 0 Å². The Labute approximate surface area is 156 Å². The van der Waals surface area contributed by atoms with Crippen molar-refractivity contribution in [1.29, 1.82) is 0 Å². The Kier molecular flexibility index (Phi) is 9.69. The van der Waals surface area contributed by atoms with Gasteiger partial charge in [-0.2, -0.15) is 0 Å². The zero-order chi connectivity index (χ0) is 18.8. The fourth-order valence-corrected chi connectivity index (χ4v) is 3.52. The summed E-state index contributed by atoms with van der Waals surface area (Å²) in [6.07, 6.45) is 6.66. The molecule has 0 fully saturated rings. The second kappa shape index (κ2) is 10.9. The molecule has 1 aromatic carbocycles. The maximum atomic E-state index is 6.25. The summed E-state index contributed by atoms with van der Waals surface area (Å²) in [5.74, 6) is 0.545. The molecule has 0 aliphatic carbocycles. The summed E-state index contributed by atoms with van der Waals surface area (Å²) < 4.78 is 12.0. The fraction of sp³-hybridized carbons (Fsp3) is 0.636. The standard InChI is InChI=1S/C22H38O2Si/c1-7-20(16-18-23-19-21-14-9-8-10-15-21)13-11-12-17-24-25(5,6)22(2,3)4/h7-10,14-15,20H,1,11-13,16-19H2,2-6H3. The van der Waals surface area contributed by atoms with Crippen molar-refractivity contribution in [1.82, 2.24) is 0 Å². The monoisotopic (exact) mass is 362 g/mol. The molecule has 1 rings (SSSR count). The van der Waals surface area contributed by atoms with Crippen LogP contribution in [0.3, 0.4) is 0 Å². The molecule has 0 bridgehead atoms. The van der Waals surface area contributed by atoms with E-state index in [0.29, 0.717) is 17.6 Å². The molecule has 0 N–H and O–H groups in total. The van der Waals surface area contributed by atoms with Gasteiger partial charge in [-0.15, -0.1) is 6.58 Å². The van der Waals surface area contributed by atoms with Crippen molar-refractivity contribution < 1.29 is 9.16 Å². The molecule has 2 nitrogen and oxygen atoms in total. The SMILES string of the molecule is C=CC(CCCCO[Si](C)(C)C(C)(C)C)CCOCc1ccccc1. The number of allylic oxidation sites excluding steroid dienone is 1. The molecule has 0 aromatic heterocycles. The first-order chi connectivity index (χ1) is 11.8. The van der Waals surface area contributed by atoms with Crippen molar-refractivity contribution in [3.63, 3.8) is 0 Å². The van der Waals surface area contributed by atoms with Crippen LogP contribution in [0.15, 0.2) is 43.0 Å². The first kappa shape index (κ1) is 22.1. The molecule has 0 heterocycles. The van der Waals surface area contributed by atoms with Crippen molar-refractivity contribution in [2.45, 2.75) is 71.2 Å². The second-order valence-corrected chi connectivity index (χ2v) is 13.2. The smallest absolute Gasteiger partial charge is 0.191 e. The van der Waals surface area contributed by atoms with Gasteiger partial charge in [0.15, 0.2) is 8.32 Å². The Morgan fingerprint density at radius 2 is 1.72 bits per heavy atom. The molecule has 1 unspecified atom stereocenters. The highest BCUT2D eigenvalue weighted by atomic mass is 28.4. The molecule has 0 saturated carbocycles. The molecule has 0 aliphatic heterocycles. The van der Waals surface area contributed by atoms with Crippen LogP contribution < -0.4 is 0 Å². The van der Waals surface area contributed by atoms with Gasteiger partial charge in [0.1, 0.15) is 0 Å². The number of hydrogen-bond donors (Lipinski definition) is 0. The normalized spacial score (nSPS) is 13.6. The summed E-state index contributed by atoms with van der Waals surface area (Å²) in [5, 5.41) is 0.298. The highest BCUT2D eigenvalue weighted by Crippen LogP contribution is 2.36. The van der Waals surface area contributed by atoms with Crippen LogP contribution in [0.1, 0.15) is 52.0 Å². The van der Waals surface area contributed by atoms with Crippen molar-refractivity contribution in [2.75, 3.05) is 13.2 Å². The highest BCUT2D eigenvalue weighted by molar-refractivity contribution is 6.74. The summed E-state index contributed by atoms with van der Waals surface area (Å²) in [7, 11) is -1.59. The van der Waals surface area contributed by atoms with Crippen LogP contribution in [0.2, 0.25) is 18.1 Å². The quantitative estimate of drug-likeness (QED) is 0.237. The van der Waals surface area contributed by atoms with Gasteiger partial charge in [0, 0.05) is 13.2 Å². The van der Waals surface area contributed by atoms with Gasteiger partial charge in [-0.25, -0.2) is 0 Å². The minimum atomic E-state index is -1.59. The molecule has 25 heavy (non-hydrogen) atoms. The van der Waals surface area contributed by atoms with Crippen LogP contribution in [0.25, 0.3) is 0 Å². The van der Waals surface area contributed by atoms with Gasteiger partial charge in [0.05, 0.1) is 6.61 Å². The Morgan fingerprint density at radius 3 is 2.32 bits per heavy atom. The number of ether oxygens (including phenoxy) is 1. The van der Waals surface area contributed by atoms with E-state index in [1.54, 1.807) is 0 Å². The summed E-state index contributed by atoms with van der Waals surface area (Å²) in [5.41, 5.74) is 1.24. The molecule has 0 amide bonds. The third-order valence-corrected chi connectivity index (χ3v) is 9.85. The van der Waals surface area contributed by atoms with E-state index in [1.807, 2.05) is 6.07 Å². The van der Waals surface area contributed by atoms with Gasteiger partial charge in [-0.05, 0) is 48.9 Å². The van der Waals surface area contributed by atoms with Gasteiger partial charge < -0.3 is 9.16 Å². The summed E-state index contributed by atoms with van der Waals surface area (Å²) >= 11 is 0. The molecular formula is C22H38O2Si. The van der Waals surface area contributed by atoms with Gasteiger partial charge >= 0.3 is 0 Å². The van der Waals surface area contributed by atoms with Crippen molar-refractivity contribution in [3.05, 3.63) is 48.6 Å². The van der Waals surface area contributed by atoms with Crippen molar-refractivity contribution in [2.24, 2.45) is 5.92 Å². The average Bonchev–Trinajstić information content (AvgIpc) is 2.56. The first-order valence-corrected chi connectivity index (χ1v) is 12.6. The fourth-order valence-electron chi connectivity index (χ4n) is 2.43. The van der Waals surface area contributed by atoms with Gasteiger partial charge in [-0.3, -0.25) is 0 Å². The van der Waals surface area contributed by atoms with E-state index in [-0.39, 0.29) is 0 Å². The Balaban J connectivity index is 2.12. The van der Waals surface area contributed by atoms with E-state index in [9.17, 15) is 0 Å². The van der Waals surface area contributed by atoms with E-state index in [2.05, 4.69) is 70.8 Å². The van der Waals surface area contributed by atoms with Gasteiger partial charge in [0.25, 0.3) is 0 Å². The number of benzene rings is 1. The molecule has 0 spiro atoms. The third kappa shape index (κ3) is 8.84. The molecule has 3 heteroatoms. The lowest BCUT2D eigenvalue weighted by molar-refractivity contribution is 0.110. The van der Waals surface area contributed by atoms with E-state index < -0.39 is 8.32 Å². The van der Waals surface area contributed by atoms with E-state index in [4.69, 9.17) is 9.16 Å². The predicted octanol–water partition coefficient (Wildman–Crippen LogP) is 6.59. The molecular weight excluding hydrogens is 324 g/mol.